The highest BCUT2D eigenvalue weighted by molar-refractivity contribution is 9.10. The molecule has 200 valence electrons. The van der Waals surface area contributed by atoms with E-state index in [4.69, 9.17) is 4.74 Å². The lowest BCUT2D eigenvalue weighted by Crippen LogP contribution is -2.23. The molecule has 1 aromatic heterocycles. The first kappa shape index (κ1) is 27.6. The van der Waals surface area contributed by atoms with Crippen LogP contribution in [0.1, 0.15) is 43.1 Å². The van der Waals surface area contributed by atoms with Crippen LogP contribution in [-0.4, -0.2) is 33.3 Å². The largest absolute Gasteiger partial charge is 0.477 e. The maximum absolute atomic E-state index is 13.3. The number of carbonyl (C=O) groups is 1. The zero-order chi connectivity index (χ0) is 28.1. The third-order valence-corrected chi connectivity index (χ3v) is 6.58. The number of benzene rings is 3. The van der Waals surface area contributed by atoms with Crippen molar-refractivity contribution in [2.45, 2.75) is 33.1 Å². The summed E-state index contributed by atoms with van der Waals surface area (Å²) in [5.74, 6) is -0.0845. The monoisotopic (exact) mass is 591 g/mol. The normalized spacial score (nSPS) is 12.0. The molecule has 0 saturated heterocycles. The lowest BCUT2D eigenvalue weighted by molar-refractivity contribution is -0.385. The Bertz CT molecular complexity index is 1630. The van der Waals surface area contributed by atoms with Gasteiger partial charge in [-0.3, -0.25) is 19.7 Å². The van der Waals surface area contributed by atoms with Crippen molar-refractivity contribution >= 4 is 50.3 Å². The highest BCUT2D eigenvalue weighted by Gasteiger charge is 2.18. The molecule has 0 aliphatic heterocycles. The Hall–Kier alpha value is -4.38. The molecule has 0 unspecified atom stereocenters. The number of nitro groups is 1. The minimum Gasteiger partial charge on any atom is -0.477 e. The molecule has 0 aliphatic rings. The molecule has 0 bridgehead atoms. The van der Waals surface area contributed by atoms with Crippen LogP contribution in [-0.2, 0) is 4.79 Å². The summed E-state index contributed by atoms with van der Waals surface area (Å²) in [6.45, 7) is 5.46. The molecule has 0 saturated carbocycles. The minimum atomic E-state index is -0.601. The van der Waals surface area contributed by atoms with E-state index in [0.717, 1.165) is 16.5 Å². The van der Waals surface area contributed by atoms with Gasteiger partial charge in [-0.05, 0) is 55.8 Å². The summed E-state index contributed by atoms with van der Waals surface area (Å²) >= 11 is 3.38. The van der Waals surface area contributed by atoms with Crippen molar-refractivity contribution in [3.8, 4) is 5.75 Å². The first-order chi connectivity index (χ1) is 18.7. The molecule has 0 radical (unpaired) electrons. The first-order valence-corrected chi connectivity index (χ1v) is 13.0. The highest BCUT2D eigenvalue weighted by Crippen LogP contribution is 2.28. The third-order valence-electron chi connectivity index (χ3n) is 6.08. The molecule has 0 spiro atoms. The molecule has 0 aliphatic carbocycles. The Morgan fingerprint density at radius 1 is 1.21 bits per heavy atom. The summed E-state index contributed by atoms with van der Waals surface area (Å²) < 4.78 is 7.42. The molecule has 1 N–H and O–H groups in total. The fraction of sp³-hybridized carbons (Fsp3) is 0.214. The van der Waals surface area contributed by atoms with Gasteiger partial charge in [-0.15, -0.1) is 0 Å². The Morgan fingerprint density at radius 2 is 1.95 bits per heavy atom. The van der Waals surface area contributed by atoms with Gasteiger partial charge in [-0.25, -0.2) is 4.98 Å². The summed E-state index contributed by atoms with van der Waals surface area (Å²) in [4.78, 5) is 41.4. The van der Waals surface area contributed by atoms with Crippen LogP contribution < -0.4 is 15.6 Å². The molecule has 1 atom stereocenters. The van der Waals surface area contributed by atoms with E-state index in [1.54, 1.807) is 30.3 Å². The number of hydrogen-bond acceptors (Lipinski definition) is 7. The number of nitrogens with one attached hydrogen (secondary N) is 1. The topological polar surface area (TPSA) is 129 Å². The second-order valence-electron chi connectivity index (χ2n) is 8.99. The van der Waals surface area contributed by atoms with Gasteiger partial charge in [-0.2, -0.15) is 9.78 Å². The number of hydrogen-bond donors (Lipinski definition) is 1. The number of carbonyl (C=O) groups excluding carboxylic acids is 1. The van der Waals surface area contributed by atoms with Crippen molar-refractivity contribution in [2.24, 2.45) is 5.10 Å². The molecule has 0 fully saturated rings. The van der Waals surface area contributed by atoms with E-state index in [1.807, 2.05) is 39.0 Å². The summed E-state index contributed by atoms with van der Waals surface area (Å²) in [7, 11) is 0. The fourth-order valence-electron chi connectivity index (χ4n) is 3.76. The van der Waals surface area contributed by atoms with Gasteiger partial charge in [0.2, 0.25) is 0 Å². The van der Waals surface area contributed by atoms with Crippen LogP contribution in [0.2, 0.25) is 0 Å². The van der Waals surface area contributed by atoms with E-state index in [-0.39, 0.29) is 22.9 Å². The Balaban J connectivity index is 1.59. The quantitative estimate of drug-likeness (QED) is 0.149. The predicted molar refractivity (Wildman–Crippen MR) is 154 cm³/mol. The second-order valence-corrected chi connectivity index (χ2v) is 9.91. The molecule has 3 aromatic carbocycles. The van der Waals surface area contributed by atoms with Crippen molar-refractivity contribution in [1.29, 1.82) is 0 Å². The smallest absolute Gasteiger partial charge is 0.311 e. The van der Waals surface area contributed by atoms with Crippen LogP contribution in [0.4, 0.5) is 11.4 Å². The Labute approximate surface area is 232 Å². The second kappa shape index (κ2) is 12.0. The van der Waals surface area contributed by atoms with Crippen molar-refractivity contribution in [3.05, 3.63) is 103 Å². The number of halogens is 1. The molecule has 11 heteroatoms. The molecular formula is C28H26BrN5O5. The molecule has 1 heterocycles. The average molecular weight is 592 g/mol. The predicted octanol–water partition coefficient (Wildman–Crippen LogP) is 5.79. The Kier molecular flexibility index (Phi) is 8.50. The van der Waals surface area contributed by atoms with E-state index in [9.17, 15) is 19.7 Å². The van der Waals surface area contributed by atoms with Crippen molar-refractivity contribution < 1.29 is 14.5 Å². The maximum Gasteiger partial charge on any atom is 0.311 e. The number of amides is 1. The van der Waals surface area contributed by atoms with Crippen LogP contribution in [0.25, 0.3) is 10.9 Å². The molecule has 10 nitrogen and oxygen atoms in total. The van der Waals surface area contributed by atoms with Crippen LogP contribution in [0.5, 0.6) is 5.75 Å². The van der Waals surface area contributed by atoms with Gasteiger partial charge in [0.1, 0.15) is 5.82 Å². The van der Waals surface area contributed by atoms with Crippen LogP contribution in [0, 0.1) is 17.0 Å². The summed E-state index contributed by atoms with van der Waals surface area (Å²) in [5, 5.41) is 19.2. The van der Waals surface area contributed by atoms with Gasteiger partial charge in [0, 0.05) is 27.7 Å². The van der Waals surface area contributed by atoms with E-state index < -0.39 is 17.4 Å². The summed E-state index contributed by atoms with van der Waals surface area (Å²) in [5.41, 5.74) is 1.90. The fourth-order valence-corrected chi connectivity index (χ4v) is 4.12. The number of ether oxygens (including phenoxy) is 1. The van der Waals surface area contributed by atoms with Gasteiger partial charge in [0.05, 0.1) is 22.0 Å². The lowest BCUT2D eigenvalue weighted by atomic mass is 10.1. The number of rotatable bonds is 9. The van der Waals surface area contributed by atoms with Crippen LogP contribution in [0.15, 0.2) is 75.0 Å². The molecule has 39 heavy (non-hydrogen) atoms. The minimum absolute atomic E-state index is 0.0564. The van der Waals surface area contributed by atoms with Crippen molar-refractivity contribution in [1.82, 2.24) is 9.66 Å². The highest BCUT2D eigenvalue weighted by atomic mass is 79.9. The third kappa shape index (κ3) is 6.55. The van der Waals surface area contributed by atoms with Crippen LogP contribution in [0.3, 0.4) is 0 Å². The number of aromatic nitrogens is 2. The van der Waals surface area contributed by atoms with Gasteiger partial charge in [0.15, 0.2) is 12.4 Å². The Morgan fingerprint density at radius 3 is 2.64 bits per heavy atom. The van der Waals surface area contributed by atoms with Gasteiger partial charge < -0.3 is 10.1 Å². The first-order valence-electron chi connectivity index (χ1n) is 12.2. The van der Waals surface area contributed by atoms with E-state index in [2.05, 4.69) is 31.3 Å². The van der Waals surface area contributed by atoms with E-state index in [1.165, 1.54) is 23.0 Å². The van der Waals surface area contributed by atoms with Gasteiger partial charge in [-0.1, -0.05) is 47.5 Å². The SMILES string of the molecule is CC[C@@H](C)c1nc2ccc(Br)cc2c(=O)n1N=Cc1ccc(OCC(=O)Nc2ccc(C)cc2)c([N+](=O)[O-])c1. The number of anilines is 1. The van der Waals surface area contributed by atoms with E-state index in [0.29, 0.717) is 28.0 Å². The molecule has 4 aromatic rings. The molecule has 1 amide bonds. The zero-order valence-electron chi connectivity index (χ0n) is 21.6. The van der Waals surface area contributed by atoms with E-state index >= 15 is 0 Å². The summed E-state index contributed by atoms with van der Waals surface area (Å²) in [6.07, 6.45) is 2.10. The number of nitro benzene ring substituents is 1. The molecule has 4 rings (SSSR count). The number of aryl methyl sites for hydroxylation is 1. The van der Waals surface area contributed by atoms with Crippen LogP contribution >= 0.6 is 15.9 Å². The van der Waals surface area contributed by atoms with Crippen molar-refractivity contribution in [2.75, 3.05) is 11.9 Å². The average Bonchev–Trinajstić information content (AvgIpc) is 2.92. The number of fused-ring (bicyclic) bond motifs is 1. The standard InChI is InChI=1S/C28H26BrN5O5/c1-4-18(3)27-32-23-11-8-20(29)14-22(23)28(36)33(27)30-15-19-7-12-25(24(13-19)34(37)38)39-16-26(35)31-21-9-5-17(2)6-10-21/h5-15,18H,4,16H2,1-3H3,(H,31,35)/t18-/m1/s1. The lowest BCUT2D eigenvalue weighted by Gasteiger charge is -2.14. The van der Waals surface area contributed by atoms with Crippen molar-refractivity contribution in [3.63, 3.8) is 0 Å². The zero-order valence-corrected chi connectivity index (χ0v) is 23.1. The van der Waals surface area contributed by atoms with Gasteiger partial charge >= 0.3 is 5.69 Å². The molecular weight excluding hydrogens is 566 g/mol. The summed E-state index contributed by atoms with van der Waals surface area (Å²) in [6, 6.07) is 16.7. The number of nitrogens with zero attached hydrogens (tertiary/aromatic N) is 4. The van der Waals surface area contributed by atoms with Gasteiger partial charge in [0.25, 0.3) is 11.5 Å². The maximum atomic E-state index is 13.3.